The molecule has 116 valence electrons. The molecule has 0 amide bonds. The minimum atomic E-state index is 0.165. The van der Waals surface area contributed by atoms with Crippen LogP contribution in [0, 0.1) is 13.8 Å². The Hall–Kier alpha value is -2.88. The average Bonchev–Trinajstić information content (AvgIpc) is 2.55. The van der Waals surface area contributed by atoms with Crippen molar-refractivity contribution in [3.05, 3.63) is 59.7 Å². The van der Waals surface area contributed by atoms with Gasteiger partial charge >= 0.3 is 0 Å². The van der Waals surface area contributed by atoms with Gasteiger partial charge in [0.05, 0.1) is 5.69 Å². The van der Waals surface area contributed by atoms with Crippen LogP contribution in [0.4, 0.5) is 17.1 Å². The third kappa shape index (κ3) is 3.01. The minimum absolute atomic E-state index is 0.165. The number of hydrogen-bond donors (Lipinski definition) is 2. The minimum Gasteiger partial charge on any atom is -0.505 e. The van der Waals surface area contributed by atoms with Gasteiger partial charge in [-0.15, -0.1) is 5.11 Å². The maximum absolute atomic E-state index is 10.5. The van der Waals surface area contributed by atoms with E-state index in [9.17, 15) is 5.11 Å². The molecule has 3 rings (SSSR count). The van der Waals surface area contributed by atoms with Crippen LogP contribution in [-0.2, 0) is 0 Å². The summed E-state index contributed by atoms with van der Waals surface area (Å²) >= 11 is 0. The lowest BCUT2D eigenvalue weighted by Crippen LogP contribution is -1.88. The highest BCUT2D eigenvalue weighted by Gasteiger charge is 2.10. The van der Waals surface area contributed by atoms with E-state index in [0.29, 0.717) is 5.69 Å². The van der Waals surface area contributed by atoms with Crippen molar-refractivity contribution >= 4 is 27.8 Å². The van der Waals surface area contributed by atoms with E-state index in [-0.39, 0.29) is 5.75 Å². The van der Waals surface area contributed by atoms with E-state index in [1.807, 2.05) is 69.4 Å². The molecule has 0 unspecified atom stereocenters. The van der Waals surface area contributed by atoms with Gasteiger partial charge in [0.15, 0.2) is 5.75 Å². The molecule has 0 aliphatic rings. The lowest BCUT2D eigenvalue weighted by atomic mass is 10.0. The van der Waals surface area contributed by atoms with E-state index in [1.165, 1.54) is 5.56 Å². The summed E-state index contributed by atoms with van der Waals surface area (Å²) in [6.07, 6.45) is 0. The van der Waals surface area contributed by atoms with Crippen LogP contribution in [0.5, 0.6) is 5.75 Å². The van der Waals surface area contributed by atoms with E-state index in [2.05, 4.69) is 15.5 Å². The molecular weight excluding hydrogens is 286 g/mol. The molecule has 0 aliphatic carbocycles. The normalized spacial score (nSPS) is 11.3. The maximum atomic E-state index is 10.5. The van der Waals surface area contributed by atoms with Crippen molar-refractivity contribution in [1.82, 2.24) is 0 Å². The number of nitrogens with one attached hydrogen (secondary N) is 1. The van der Waals surface area contributed by atoms with Crippen molar-refractivity contribution < 1.29 is 5.11 Å². The van der Waals surface area contributed by atoms with Crippen LogP contribution in [0.25, 0.3) is 10.8 Å². The van der Waals surface area contributed by atoms with Crippen molar-refractivity contribution in [2.45, 2.75) is 13.8 Å². The fourth-order valence-corrected chi connectivity index (χ4v) is 2.51. The quantitative estimate of drug-likeness (QED) is 0.617. The molecule has 0 radical (unpaired) electrons. The molecule has 0 heterocycles. The highest BCUT2D eigenvalue weighted by Crippen LogP contribution is 2.39. The summed E-state index contributed by atoms with van der Waals surface area (Å²) in [7, 11) is 1.87. The zero-order valence-corrected chi connectivity index (χ0v) is 13.5. The lowest BCUT2D eigenvalue weighted by Gasteiger charge is -2.09. The highest BCUT2D eigenvalue weighted by molar-refractivity contribution is 5.95. The molecule has 3 aromatic carbocycles. The Kier molecular flexibility index (Phi) is 3.98. The number of rotatable bonds is 3. The molecule has 2 N–H and O–H groups in total. The number of hydrogen-bond acceptors (Lipinski definition) is 4. The van der Waals surface area contributed by atoms with E-state index in [4.69, 9.17) is 0 Å². The molecule has 0 aromatic heterocycles. The van der Waals surface area contributed by atoms with Gasteiger partial charge in [0, 0.05) is 18.1 Å². The topological polar surface area (TPSA) is 57.0 Å². The number of benzene rings is 3. The molecule has 0 bridgehead atoms. The standard InChI is InChI=1S/C19H19N3O/c1-12-4-6-15(7-5-12)21-22-18-13(2)10-14-11-16(20-3)8-9-17(14)19(18)23/h4-11,20,23H,1-3H3. The van der Waals surface area contributed by atoms with Crippen molar-refractivity contribution in [3.63, 3.8) is 0 Å². The van der Waals surface area contributed by atoms with Gasteiger partial charge in [0.1, 0.15) is 5.69 Å². The first-order valence-corrected chi connectivity index (χ1v) is 7.51. The number of azo groups is 1. The van der Waals surface area contributed by atoms with Crippen LogP contribution >= 0.6 is 0 Å². The van der Waals surface area contributed by atoms with Crippen molar-refractivity contribution in [1.29, 1.82) is 0 Å². The predicted molar refractivity (Wildman–Crippen MR) is 95.3 cm³/mol. The fraction of sp³-hybridized carbons (Fsp3) is 0.158. The second-order valence-corrected chi connectivity index (χ2v) is 5.61. The van der Waals surface area contributed by atoms with Crippen molar-refractivity contribution in [3.8, 4) is 5.75 Å². The Morgan fingerprint density at radius 3 is 2.35 bits per heavy atom. The van der Waals surface area contributed by atoms with Gasteiger partial charge in [-0.25, -0.2) is 0 Å². The third-order valence-corrected chi connectivity index (χ3v) is 3.86. The van der Waals surface area contributed by atoms with Gasteiger partial charge < -0.3 is 10.4 Å². The molecule has 0 saturated carbocycles. The molecule has 0 aliphatic heterocycles. The first kappa shape index (κ1) is 15.0. The van der Waals surface area contributed by atoms with Gasteiger partial charge in [-0.2, -0.15) is 5.11 Å². The van der Waals surface area contributed by atoms with Crippen molar-refractivity contribution in [2.24, 2.45) is 10.2 Å². The monoisotopic (exact) mass is 305 g/mol. The SMILES string of the molecule is CNc1ccc2c(O)c(N=Nc3ccc(C)cc3)c(C)cc2c1. The van der Waals surface area contributed by atoms with Crippen LogP contribution < -0.4 is 5.32 Å². The van der Waals surface area contributed by atoms with Crippen molar-refractivity contribution in [2.75, 3.05) is 12.4 Å². The zero-order valence-electron chi connectivity index (χ0n) is 13.5. The molecule has 3 aromatic rings. The molecule has 0 fully saturated rings. The molecule has 4 nitrogen and oxygen atoms in total. The average molecular weight is 305 g/mol. The zero-order chi connectivity index (χ0) is 16.4. The van der Waals surface area contributed by atoms with Crippen LogP contribution in [-0.4, -0.2) is 12.2 Å². The Bertz CT molecular complexity index is 883. The number of aromatic hydroxyl groups is 1. The van der Waals surface area contributed by atoms with E-state index in [0.717, 1.165) is 27.7 Å². The molecular formula is C19H19N3O. The number of anilines is 1. The third-order valence-electron chi connectivity index (χ3n) is 3.86. The van der Waals surface area contributed by atoms with Crippen LogP contribution in [0.2, 0.25) is 0 Å². The number of aryl methyl sites for hydroxylation is 2. The molecule has 0 spiro atoms. The van der Waals surface area contributed by atoms with Gasteiger partial charge in [-0.3, -0.25) is 0 Å². The second-order valence-electron chi connectivity index (χ2n) is 5.61. The highest BCUT2D eigenvalue weighted by atomic mass is 16.3. The Labute approximate surface area is 135 Å². The largest absolute Gasteiger partial charge is 0.505 e. The molecule has 0 saturated heterocycles. The van der Waals surface area contributed by atoms with E-state index < -0.39 is 0 Å². The Morgan fingerprint density at radius 1 is 0.913 bits per heavy atom. The number of fused-ring (bicyclic) bond motifs is 1. The van der Waals surface area contributed by atoms with Gasteiger partial charge in [-0.05, 0) is 61.2 Å². The van der Waals surface area contributed by atoms with E-state index in [1.54, 1.807) is 0 Å². The Balaban J connectivity index is 2.05. The number of nitrogens with zero attached hydrogens (tertiary/aromatic N) is 2. The molecule has 4 heteroatoms. The van der Waals surface area contributed by atoms with Crippen LogP contribution in [0.1, 0.15) is 11.1 Å². The predicted octanol–water partition coefficient (Wildman–Crippen LogP) is 5.62. The summed E-state index contributed by atoms with van der Waals surface area (Å²) < 4.78 is 0. The van der Waals surface area contributed by atoms with Crippen LogP contribution in [0.3, 0.4) is 0 Å². The summed E-state index contributed by atoms with van der Waals surface area (Å²) in [4.78, 5) is 0. The number of phenolic OH excluding ortho intramolecular Hbond substituents is 1. The van der Waals surface area contributed by atoms with Gasteiger partial charge in [0.25, 0.3) is 0 Å². The summed E-state index contributed by atoms with van der Waals surface area (Å²) in [6.45, 7) is 3.95. The summed E-state index contributed by atoms with van der Waals surface area (Å²) in [5.74, 6) is 0.165. The summed E-state index contributed by atoms with van der Waals surface area (Å²) in [5, 5.41) is 23.9. The Morgan fingerprint density at radius 2 is 1.65 bits per heavy atom. The summed E-state index contributed by atoms with van der Waals surface area (Å²) in [6, 6.07) is 15.6. The molecule has 23 heavy (non-hydrogen) atoms. The van der Waals surface area contributed by atoms with Crippen LogP contribution in [0.15, 0.2) is 58.8 Å². The fourth-order valence-electron chi connectivity index (χ4n) is 2.51. The first-order chi connectivity index (χ1) is 11.1. The van der Waals surface area contributed by atoms with Gasteiger partial charge in [0.2, 0.25) is 0 Å². The first-order valence-electron chi connectivity index (χ1n) is 7.51. The number of phenols is 1. The summed E-state index contributed by atoms with van der Waals surface area (Å²) in [5.41, 5.74) is 4.34. The smallest absolute Gasteiger partial charge is 0.151 e. The maximum Gasteiger partial charge on any atom is 0.151 e. The lowest BCUT2D eigenvalue weighted by molar-refractivity contribution is 0.482. The van der Waals surface area contributed by atoms with Gasteiger partial charge in [-0.1, -0.05) is 17.7 Å². The second kappa shape index (κ2) is 6.08. The van der Waals surface area contributed by atoms with E-state index >= 15 is 0 Å². The molecule has 0 atom stereocenters.